The molecular weight excluding hydrogens is 254 g/mol. The molecule has 1 aliphatic rings. The van der Waals surface area contributed by atoms with Crippen molar-refractivity contribution in [1.29, 1.82) is 0 Å². The van der Waals surface area contributed by atoms with Gasteiger partial charge in [-0.25, -0.2) is 0 Å². The van der Waals surface area contributed by atoms with Crippen LogP contribution < -0.4 is 10.1 Å². The second-order valence-corrected chi connectivity index (χ2v) is 5.36. The number of aliphatic hydroxyl groups excluding tert-OH is 1. The zero-order chi connectivity index (χ0) is 14.4. The first-order chi connectivity index (χ1) is 9.67. The van der Waals surface area contributed by atoms with Crippen LogP contribution in [0.3, 0.4) is 0 Å². The Bertz CT molecular complexity index is 422. The van der Waals surface area contributed by atoms with Crippen molar-refractivity contribution in [3.8, 4) is 5.75 Å². The van der Waals surface area contributed by atoms with Gasteiger partial charge in [-0.05, 0) is 49.8 Å². The van der Waals surface area contributed by atoms with Gasteiger partial charge in [0.15, 0.2) is 6.61 Å². The van der Waals surface area contributed by atoms with Crippen molar-refractivity contribution >= 4 is 5.91 Å². The fourth-order valence-corrected chi connectivity index (χ4v) is 2.46. The topological polar surface area (TPSA) is 58.6 Å². The third-order valence-electron chi connectivity index (χ3n) is 3.76. The zero-order valence-corrected chi connectivity index (χ0v) is 12.0. The Morgan fingerprint density at radius 1 is 1.25 bits per heavy atom. The second-order valence-electron chi connectivity index (χ2n) is 5.36. The van der Waals surface area contributed by atoms with Crippen LogP contribution in [-0.2, 0) is 11.2 Å². The van der Waals surface area contributed by atoms with E-state index in [9.17, 15) is 9.90 Å². The van der Waals surface area contributed by atoms with Gasteiger partial charge < -0.3 is 15.2 Å². The molecule has 4 nitrogen and oxygen atoms in total. The van der Waals surface area contributed by atoms with E-state index in [-0.39, 0.29) is 24.7 Å². The van der Waals surface area contributed by atoms with Crippen LogP contribution in [0, 0.1) is 0 Å². The molecule has 4 heteroatoms. The number of aryl methyl sites for hydroxylation is 1. The Labute approximate surface area is 120 Å². The molecule has 1 aliphatic carbocycles. The van der Waals surface area contributed by atoms with E-state index in [4.69, 9.17) is 4.74 Å². The van der Waals surface area contributed by atoms with Gasteiger partial charge in [-0.1, -0.05) is 19.1 Å². The molecule has 0 atom stereocenters. The number of rotatable bonds is 5. The number of benzene rings is 1. The summed E-state index contributed by atoms with van der Waals surface area (Å²) in [4.78, 5) is 11.8. The van der Waals surface area contributed by atoms with Crippen LogP contribution in [0.4, 0.5) is 0 Å². The highest BCUT2D eigenvalue weighted by molar-refractivity contribution is 5.77. The van der Waals surface area contributed by atoms with Crippen molar-refractivity contribution in [2.45, 2.75) is 51.2 Å². The number of carbonyl (C=O) groups excluding carboxylic acids is 1. The summed E-state index contributed by atoms with van der Waals surface area (Å²) in [6.07, 6.45) is 4.02. The third-order valence-corrected chi connectivity index (χ3v) is 3.76. The number of ether oxygens (including phenoxy) is 1. The number of hydrogen-bond donors (Lipinski definition) is 2. The summed E-state index contributed by atoms with van der Waals surface area (Å²) in [6.45, 7) is 2.15. The molecule has 2 N–H and O–H groups in total. The standard InChI is InChI=1S/C16H23NO3/c1-2-12-3-9-15(10-4-12)20-11-16(19)17-13-5-7-14(18)8-6-13/h3-4,9-10,13-14,18H,2,5-8,11H2,1H3,(H,17,19). The van der Waals surface area contributed by atoms with Crippen molar-refractivity contribution in [2.75, 3.05) is 6.61 Å². The van der Waals surface area contributed by atoms with Crippen molar-refractivity contribution in [3.63, 3.8) is 0 Å². The molecular formula is C16H23NO3. The molecule has 110 valence electrons. The van der Waals surface area contributed by atoms with Gasteiger partial charge in [0.05, 0.1) is 6.10 Å². The minimum atomic E-state index is -0.198. The predicted molar refractivity (Wildman–Crippen MR) is 77.7 cm³/mol. The molecule has 1 fully saturated rings. The second kappa shape index (κ2) is 7.29. The van der Waals surface area contributed by atoms with Gasteiger partial charge in [-0.15, -0.1) is 0 Å². The van der Waals surface area contributed by atoms with Crippen LogP contribution in [0.1, 0.15) is 38.2 Å². The molecule has 0 spiro atoms. The smallest absolute Gasteiger partial charge is 0.258 e. The van der Waals surface area contributed by atoms with E-state index < -0.39 is 0 Å². The highest BCUT2D eigenvalue weighted by atomic mass is 16.5. The lowest BCUT2D eigenvalue weighted by Gasteiger charge is -2.26. The SMILES string of the molecule is CCc1ccc(OCC(=O)NC2CCC(O)CC2)cc1. The lowest BCUT2D eigenvalue weighted by atomic mass is 9.93. The van der Waals surface area contributed by atoms with Crippen LogP contribution in [-0.4, -0.2) is 29.8 Å². The molecule has 1 aromatic carbocycles. The summed E-state index contributed by atoms with van der Waals surface area (Å²) in [7, 11) is 0. The molecule has 0 unspecified atom stereocenters. The van der Waals surface area contributed by atoms with Gasteiger partial charge in [0.1, 0.15) is 5.75 Å². The summed E-state index contributed by atoms with van der Waals surface area (Å²) in [5.41, 5.74) is 1.25. The molecule has 0 aliphatic heterocycles. The van der Waals surface area contributed by atoms with Crippen LogP contribution in [0.25, 0.3) is 0 Å². The van der Waals surface area contributed by atoms with Gasteiger partial charge >= 0.3 is 0 Å². The zero-order valence-electron chi connectivity index (χ0n) is 12.0. The largest absolute Gasteiger partial charge is 0.484 e. The summed E-state index contributed by atoms with van der Waals surface area (Å²) in [5.74, 6) is 0.627. The van der Waals surface area contributed by atoms with E-state index in [1.165, 1.54) is 5.56 Å². The average Bonchev–Trinajstić information content (AvgIpc) is 2.48. The third kappa shape index (κ3) is 4.53. The number of hydrogen-bond acceptors (Lipinski definition) is 3. The number of nitrogens with one attached hydrogen (secondary N) is 1. The molecule has 0 radical (unpaired) electrons. The average molecular weight is 277 g/mol. The van der Waals surface area contributed by atoms with E-state index in [2.05, 4.69) is 12.2 Å². The molecule has 1 amide bonds. The summed E-state index contributed by atoms with van der Waals surface area (Å²) in [5, 5.41) is 12.4. The van der Waals surface area contributed by atoms with E-state index in [0.29, 0.717) is 0 Å². The molecule has 20 heavy (non-hydrogen) atoms. The molecule has 2 rings (SSSR count). The van der Waals surface area contributed by atoms with Crippen molar-refractivity contribution in [3.05, 3.63) is 29.8 Å². The minimum absolute atomic E-state index is 0.0462. The van der Waals surface area contributed by atoms with E-state index in [1.54, 1.807) is 0 Å². The highest BCUT2D eigenvalue weighted by Crippen LogP contribution is 2.18. The Morgan fingerprint density at radius 2 is 1.90 bits per heavy atom. The first-order valence-electron chi connectivity index (χ1n) is 7.36. The monoisotopic (exact) mass is 277 g/mol. The normalized spacial score (nSPS) is 22.3. The molecule has 0 heterocycles. The van der Waals surface area contributed by atoms with E-state index in [1.807, 2.05) is 24.3 Å². The van der Waals surface area contributed by atoms with Gasteiger partial charge in [0, 0.05) is 6.04 Å². The van der Waals surface area contributed by atoms with Crippen LogP contribution in [0.2, 0.25) is 0 Å². The molecule has 0 aromatic heterocycles. The molecule has 1 saturated carbocycles. The molecule has 0 saturated heterocycles. The lowest BCUT2D eigenvalue weighted by molar-refractivity contribution is -0.124. The maximum absolute atomic E-state index is 11.8. The number of carbonyl (C=O) groups is 1. The Hall–Kier alpha value is -1.55. The Kier molecular flexibility index (Phi) is 5.41. The minimum Gasteiger partial charge on any atom is -0.484 e. The molecule has 0 bridgehead atoms. The van der Waals surface area contributed by atoms with Crippen molar-refractivity contribution in [2.24, 2.45) is 0 Å². The lowest BCUT2D eigenvalue weighted by Crippen LogP contribution is -2.40. The van der Waals surface area contributed by atoms with Gasteiger partial charge in [-0.3, -0.25) is 4.79 Å². The number of amides is 1. The maximum atomic E-state index is 11.8. The Morgan fingerprint density at radius 3 is 2.50 bits per heavy atom. The van der Waals surface area contributed by atoms with Gasteiger partial charge in [-0.2, -0.15) is 0 Å². The van der Waals surface area contributed by atoms with E-state index in [0.717, 1.165) is 37.9 Å². The number of aliphatic hydroxyl groups is 1. The van der Waals surface area contributed by atoms with Crippen LogP contribution in [0.5, 0.6) is 5.75 Å². The fourth-order valence-electron chi connectivity index (χ4n) is 2.46. The fraction of sp³-hybridized carbons (Fsp3) is 0.562. The van der Waals surface area contributed by atoms with Gasteiger partial charge in [0.25, 0.3) is 5.91 Å². The van der Waals surface area contributed by atoms with Crippen molar-refractivity contribution in [1.82, 2.24) is 5.32 Å². The van der Waals surface area contributed by atoms with Crippen LogP contribution >= 0.6 is 0 Å². The van der Waals surface area contributed by atoms with Crippen LogP contribution in [0.15, 0.2) is 24.3 Å². The summed E-state index contributed by atoms with van der Waals surface area (Å²) >= 11 is 0. The first-order valence-corrected chi connectivity index (χ1v) is 7.36. The van der Waals surface area contributed by atoms with Crippen molar-refractivity contribution < 1.29 is 14.6 Å². The van der Waals surface area contributed by atoms with Gasteiger partial charge in [0.2, 0.25) is 0 Å². The predicted octanol–water partition coefficient (Wildman–Crippen LogP) is 2.05. The summed E-state index contributed by atoms with van der Waals surface area (Å²) < 4.78 is 5.47. The Balaban J connectivity index is 1.71. The quantitative estimate of drug-likeness (QED) is 0.866. The first kappa shape index (κ1) is 14.9. The molecule has 1 aromatic rings. The summed E-state index contributed by atoms with van der Waals surface area (Å²) in [6, 6.07) is 7.98. The highest BCUT2D eigenvalue weighted by Gasteiger charge is 2.20. The van der Waals surface area contributed by atoms with E-state index >= 15 is 0 Å². The maximum Gasteiger partial charge on any atom is 0.258 e.